The molecule has 0 saturated heterocycles. The zero-order valence-electron chi connectivity index (χ0n) is 9.51. The predicted octanol–water partition coefficient (Wildman–Crippen LogP) is 0.932. The van der Waals surface area contributed by atoms with Crippen LogP contribution in [-0.4, -0.2) is 30.4 Å². The Labute approximate surface area is 104 Å². The van der Waals surface area contributed by atoms with Crippen molar-refractivity contribution in [2.24, 2.45) is 0 Å². The van der Waals surface area contributed by atoms with E-state index in [0.29, 0.717) is 16.5 Å². The number of aliphatic hydroxyl groups is 1. The second-order valence-electron chi connectivity index (χ2n) is 3.72. The van der Waals surface area contributed by atoms with E-state index in [-0.39, 0.29) is 6.61 Å². The molecule has 1 aromatic carbocycles. The normalized spacial score (nSPS) is 11.3. The van der Waals surface area contributed by atoms with E-state index >= 15 is 0 Å². The number of fused-ring (bicyclic) bond motifs is 1. The number of hydrogen-bond donors (Lipinski definition) is 1. The van der Waals surface area contributed by atoms with Gasteiger partial charge in [0.1, 0.15) is 12.4 Å². The largest absolute Gasteiger partial charge is 0.384 e. The number of hydrogen-bond acceptors (Lipinski definition) is 3. The third kappa shape index (κ3) is 2.23. The number of benzene rings is 1. The van der Waals surface area contributed by atoms with E-state index in [9.17, 15) is 12.8 Å². The van der Waals surface area contributed by atoms with E-state index in [1.165, 1.54) is 24.4 Å². The van der Waals surface area contributed by atoms with Crippen LogP contribution >= 0.6 is 0 Å². The van der Waals surface area contributed by atoms with Crippen LogP contribution in [-0.2, 0) is 10.0 Å². The van der Waals surface area contributed by atoms with Gasteiger partial charge in [-0.05, 0) is 18.2 Å². The molecule has 0 atom stereocenters. The number of halogens is 1. The van der Waals surface area contributed by atoms with E-state index in [0.717, 1.165) is 10.2 Å². The first-order chi connectivity index (χ1) is 8.43. The highest BCUT2D eigenvalue weighted by atomic mass is 32.2. The zero-order valence-corrected chi connectivity index (χ0v) is 10.3. The molecule has 0 fully saturated rings. The molecule has 0 bridgehead atoms. The molecule has 4 nitrogen and oxygen atoms in total. The number of aromatic nitrogens is 1. The van der Waals surface area contributed by atoms with Gasteiger partial charge in [-0.2, -0.15) is 0 Å². The second-order valence-corrected chi connectivity index (χ2v) is 5.58. The lowest BCUT2D eigenvalue weighted by atomic mass is 10.2. The summed E-state index contributed by atoms with van der Waals surface area (Å²) in [6, 6.07) is 3.79. The van der Waals surface area contributed by atoms with Crippen molar-refractivity contribution < 1.29 is 17.9 Å². The molecule has 0 radical (unpaired) electrons. The van der Waals surface area contributed by atoms with Crippen LogP contribution in [0.5, 0.6) is 0 Å². The van der Waals surface area contributed by atoms with Crippen LogP contribution in [0.25, 0.3) is 10.9 Å². The summed E-state index contributed by atoms with van der Waals surface area (Å²) in [5.41, 5.74) is 0.727. The van der Waals surface area contributed by atoms with Crippen molar-refractivity contribution in [3.8, 4) is 11.8 Å². The number of nitrogens with zero attached hydrogens (tertiary/aromatic N) is 1. The van der Waals surface area contributed by atoms with Crippen molar-refractivity contribution in [2.45, 2.75) is 0 Å². The average molecular weight is 267 g/mol. The Hall–Kier alpha value is -1.84. The van der Waals surface area contributed by atoms with Crippen molar-refractivity contribution in [3.05, 3.63) is 35.8 Å². The maximum Gasteiger partial charge on any atom is 0.236 e. The molecule has 0 unspecified atom stereocenters. The Kier molecular flexibility index (Phi) is 3.11. The summed E-state index contributed by atoms with van der Waals surface area (Å²) in [6.07, 6.45) is 2.38. The topological polar surface area (TPSA) is 59.3 Å². The molecule has 0 saturated carbocycles. The van der Waals surface area contributed by atoms with Crippen LogP contribution in [0.4, 0.5) is 4.39 Å². The molecule has 1 aromatic heterocycles. The van der Waals surface area contributed by atoms with Crippen LogP contribution in [0.3, 0.4) is 0 Å². The van der Waals surface area contributed by atoms with Gasteiger partial charge in [-0.15, -0.1) is 0 Å². The maximum atomic E-state index is 13.2. The molecule has 18 heavy (non-hydrogen) atoms. The first-order valence-corrected chi connectivity index (χ1v) is 6.89. The van der Waals surface area contributed by atoms with Gasteiger partial charge in [-0.1, -0.05) is 11.8 Å². The minimum absolute atomic E-state index is 0.346. The molecule has 6 heteroatoms. The highest BCUT2D eigenvalue weighted by Gasteiger charge is 2.14. The van der Waals surface area contributed by atoms with Gasteiger partial charge in [0.2, 0.25) is 10.0 Å². The Morgan fingerprint density at radius 1 is 1.44 bits per heavy atom. The van der Waals surface area contributed by atoms with Gasteiger partial charge in [-0.25, -0.2) is 16.8 Å². The van der Waals surface area contributed by atoms with E-state index in [1.54, 1.807) is 0 Å². The monoisotopic (exact) mass is 267 g/mol. The minimum Gasteiger partial charge on any atom is -0.384 e. The van der Waals surface area contributed by atoms with E-state index < -0.39 is 15.8 Å². The van der Waals surface area contributed by atoms with Crippen LogP contribution in [0.15, 0.2) is 24.4 Å². The Bertz CT molecular complexity index is 766. The lowest BCUT2D eigenvalue weighted by molar-refractivity contribution is 0.350. The van der Waals surface area contributed by atoms with E-state index in [1.807, 2.05) is 0 Å². The highest BCUT2D eigenvalue weighted by molar-refractivity contribution is 7.89. The second kappa shape index (κ2) is 4.44. The summed E-state index contributed by atoms with van der Waals surface area (Å²) in [5.74, 6) is 4.55. The van der Waals surface area contributed by atoms with Crippen molar-refractivity contribution in [1.29, 1.82) is 0 Å². The summed E-state index contributed by atoms with van der Waals surface area (Å²) in [5, 5.41) is 9.05. The molecule has 0 aliphatic heterocycles. The van der Waals surface area contributed by atoms with Gasteiger partial charge in [0.05, 0.1) is 17.3 Å². The first-order valence-electron chi connectivity index (χ1n) is 5.04. The molecule has 0 amide bonds. The molecule has 2 rings (SSSR count). The summed E-state index contributed by atoms with van der Waals surface area (Å²) >= 11 is 0. The Morgan fingerprint density at radius 2 is 2.17 bits per heavy atom. The zero-order chi connectivity index (χ0) is 13.3. The Morgan fingerprint density at radius 3 is 2.78 bits per heavy atom. The van der Waals surface area contributed by atoms with Crippen LogP contribution in [0.1, 0.15) is 5.56 Å². The fourth-order valence-corrected chi connectivity index (χ4v) is 2.49. The standard InChI is InChI=1S/C12H10FNO3S/c1-18(16,17)14-8-9(3-2-6-15)11-7-10(13)4-5-12(11)14/h4-5,7-8,15H,6H2,1H3. The fourth-order valence-electron chi connectivity index (χ4n) is 1.68. The molecular weight excluding hydrogens is 257 g/mol. The van der Waals surface area contributed by atoms with Crippen molar-refractivity contribution >= 4 is 20.9 Å². The molecule has 94 valence electrons. The molecule has 0 aliphatic carbocycles. The first kappa shape index (κ1) is 12.6. The molecule has 2 aromatic rings. The maximum absolute atomic E-state index is 13.2. The lowest BCUT2D eigenvalue weighted by Crippen LogP contribution is -2.08. The Balaban J connectivity index is 2.84. The number of aliphatic hydroxyl groups excluding tert-OH is 1. The average Bonchev–Trinajstić information content (AvgIpc) is 2.64. The third-order valence-corrected chi connectivity index (χ3v) is 3.41. The van der Waals surface area contributed by atoms with Crippen LogP contribution in [0, 0.1) is 17.7 Å². The SMILES string of the molecule is CS(=O)(=O)n1cc(C#CCO)c2cc(F)ccc21. The predicted molar refractivity (Wildman–Crippen MR) is 66.1 cm³/mol. The smallest absolute Gasteiger partial charge is 0.236 e. The van der Waals surface area contributed by atoms with Gasteiger partial charge in [-0.3, -0.25) is 0 Å². The number of rotatable bonds is 1. The van der Waals surface area contributed by atoms with Crippen molar-refractivity contribution in [2.75, 3.05) is 12.9 Å². The van der Waals surface area contributed by atoms with Gasteiger partial charge in [0, 0.05) is 11.6 Å². The van der Waals surface area contributed by atoms with Gasteiger partial charge in [0.25, 0.3) is 0 Å². The molecule has 0 spiro atoms. The van der Waals surface area contributed by atoms with Crippen molar-refractivity contribution in [1.82, 2.24) is 3.97 Å². The van der Waals surface area contributed by atoms with Gasteiger partial charge in [0.15, 0.2) is 0 Å². The highest BCUT2D eigenvalue weighted by Crippen LogP contribution is 2.23. The van der Waals surface area contributed by atoms with Gasteiger partial charge >= 0.3 is 0 Å². The van der Waals surface area contributed by atoms with Crippen LogP contribution < -0.4 is 0 Å². The van der Waals surface area contributed by atoms with E-state index in [4.69, 9.17) is 5.11 Å². The van der Waals surface area contributed by atoms with Crippen molar-refractivity contribution in [3.63, 3.8) is 0 Å². The molecule has 1 N–H and O–H groups in total. The molecular formula is C12H10FNO3S. The molecule has 1 heterocycles. The lowest BCUT2D eigenvalue weighted by Gasteiger charge is -2.00. The molecule has 0 aliphatic rings. The minimum atomic E-state index is -3.48. The summed E-state index contributed by atoms with van der Waals surface area (Å²) < 4.78 is 37.4. The third-order valence-electron chi connectivity index (χ3n) is 2.39. The van der Waals surface area contributed by atoms with Gasteiger partial charge < -0.3 is 5.11 Å². The quantitative estimate of drug-likeness (QED) is 0.782. The summed E-state index contributed by atoms with van der Waals surface area (Å²) in [6.45, 7) is -0.346. The fraction of sp³-hybridized carbons (Fsp3) is 0.167. The summed E-state index contributed by atoms with van der Waals surface area (Å²) in [7, 11) is -3.48. The summed E-state index contributed by atoms with van der Waals surface area (Å²) in [4.78, 5) is 0. The van der Waals surface area contributed by atoms with E-state index in [2.05, 4.69) is 11.8 Å². The van der Waals surface area contributed by atoms with Crippen LogP contribution in [0.2, 0.25) is 0 Å².